The molecule has 0 aliphatic rings. The summed E-state index contributed by atoms with van der Waals surface area (Å²) in [6, 6.07) is 0. The van der Waals surface area contributed by atoms with Gasteiger partial charge in [-0.25, -0.2) is 16.8 Å². The van der Waals surface area contributed by atoms with E-state index in [1.807, 2.05) is 0 Å². The third kappa shape index (κ3) is 1.69. The first-order valence-corrected chi connectivity index (χ1v) is 4.95. The van der Waals surface area contributed by atoms with Crippen LogP contribution in [0.4, 0.5) is 0 Å². The van der Waals surface area contributed by atoms with Gasteiger partial charge in [0.25, 0.3) is 0 Å². The molecular weight excluding hydrogens is 176 g/mol. The molecule has 0 aromatic carbocycles. The molecule has 61 valence electrons. The summed E-state index contributed by atoms with van der Waals surface area (Å²) in [5.41, 5.74) is 0. The molecule has 0 saturated carbocycles. The number of thiol groups is 2. The van der Waals surface area contributed by atoms with Gasteiger partial charge in [-0.05, 0) is 13.3 Å². The molecule has 0 heterocycles. The second kappa shape index (κ2) is 3.34. The summed E-state index contributed by atoms with van der Waals surface area (Å²) in [7, 11) is -5.99. The highest BCUT2D eigenvalue weighted by atomic mass is 32.2. The molecule has 0 N–H and O–H groups in total. The summed E-state index contributed by atoms with van der Waals surface area (Å²) in [6.07, 6.45) is -0.00952. The normalized spacial score (nSPS) is 12.8. The van der Waals surface area contributed by atoms with Crippen molar-refractivity contribution < 1.29 is 16.8 Å². The SMILES string of the molecule is [CH2]C(CC)([SH](=O)=O)[SH](=O)=O. The average molecular weight is 185 g/mol. The molecule has 6 heteroatoms. The van der Waals surface area contributed by atoms with E-state index in [2.05, 4.69) is 6.92 Å². The Kier molecular flexibility index (Phi) is 3.30. The predicted octanol–water partition coefficient (Wildman–Crippen LogP) is -0.850. The Bertz CT molecular complexity index is 212. The van der Waals surface area contributed by atoms with Crippen molar-refractivity contribution >= 4 is 21.4 Å². The van der Waals surface area contributed by atoms with E-state index in [1.165, 1.54) is 6.92 Å². The van der Waals surface area contributed by atoms with Crippen molar-refractivity contribution in [1.29, 1.82) is 0 Å². The van der Waals surface area contributed by atoms with E-state index in [0.717, 1.165) is 0 Å². The van der Waals surface area contributed by atoms with Gasteiger partial charge in [-0.15, -0.1) is 0 Å². The summed E-state index contributed by atoms with van der Waals surface area (Å²) in [4.78, 5) is 0. The zero-order chi connectivity index (χ0) is 8.36. The van der Waals surface area contributed by atoms with Crippen molar-refractivity contribution in [2.24, 2.45) is 0 Å². The fourth-order valence-electron chi connectivity index (χ4n) is 0.325. The van der Waals surface area contributed by atoms with Crippen molar-refractivity contribution in [3.05, 3.63) is 6.92 Å². The minimum atomic E-state index is -2.99. The minimum Gasteiger partial charge on any atom is -0.230 e. The van der Waals surface area contributed by atoms with Gasteiger partial charge < -0.3 is 0 Å². The van der Waals surface area contributed by atoms with Gasteiger partial charge in [0, 0.05) is 0 Å². The van der Waals surface area contributed by atoms with Crippen LogP contribution in [0.1, 0.15) is 13.3 Å². The average Bonchev–Trinajstić information content (AvgIpc) is 1.85. The summed E-state index contributed by atoms with van der Waals surface area (Å²) in [5.74, 6) is 0. The molecule has 0 aliphatic carbocycles. The van der Waals surface area contributed by atoms with Gasteiger partial charge in [0.05, 0.1) is 0 Å². The molecule has 0 amide bonds. The molecule has 0 bridgehead atoms. The van der Waals surface area contributed by atoms with Crippen LogP contribution in [0.5, 0.6) is 0 Å². The molecule has 0 aromatic heterocycles. The van der Waals surface area contributed by atoms with Crippen LogP contribution < -0.4 is 0 Å². The number of hydrogen-bond acceptors (Lipinski definition) is 4. The van der Waals surface area contributed by atoms with Gasteiger partial charge in [0.2, 0.25) is 0 Å². The second-order valence-electron chi connectivity index (χ2n) is 1.85. The molecule has 1 radical (unpaired) electrons. The first kappa shape index (κ1) is 9.90. The van der Waals surface area contributed by atoms with E-state index in [-0.39, 0.29) is 6.42 Å². The highest BCUT2D eigenvalue weighted by molar-refractivity contribution is 7.92. The molecule has 0 atom stereocenters. The van der Waals surface area contributed by atoms with Crippen molar-refractivity contribution in [3.63, 3.8) is 0 Å². The van der Waals surface area contributed by atoms with Gasteiger partial charge in [0.1, 0.15) is 0 Å². The Balaban J connectivity index is 4.92. The quantitative estimate of drug-likeness (QED) is 0.562. The van der Waals surface area contributed by atoms with Crippen molar-refractivity contribution in [3.8, 4) is 0 Å². The zero-order valence-corrected chi connectivity index (χ0v) is 7.23. The molecular formula is C4H9O4S2. The largest absolute Gasteiger partial charge is 0.230 e. The van der Waals surface area contributed by atoms with Crippen LogP contribution in [-0.4, -0.2) is 20.9 Å². The molecule has 0 saturated heterocycles. The minimum absolute atomic E-state index is 0.00952. The standard InChI is InChI=1S/C4H9O4S2/c1-3-4(2,9(5)6)10(7)8/h9-10H,2-3H2,1H3. The van der Waals surface area contributed by atoms with Crippen molar-refractivity contribution in [1.82, 2.24) is 0 Å². The molecule has 0 aliphatic heterocycles. The van der Waals surface area contributed by atoms with Crippen LogP contribution in [0.3, 0.4) is 0 Å². The number of rotatable bonds is 3. The Morgan fingerprint density at radius 3 is 1.50 bits per heavy atom. The van der Waals surface area contributed by atoms with Crippen LogP contribution >= 0.6 is 0 Å². The Morgan fingerprint density at radius 1 is 1.20 bits per heavy atom. The lowest BCUT2D eigenvalue weighted by molar-refractivity contribution is 0.577. The van der Waals surface area contributed by atoms with Gasteiger partial charge in [0.15, 0.2) is 25.5 Å². The van der Waals surface area contributed by atoms with Crippen molar-refractivity contribution in [2.75, 3.05) is 0 Å². The van der Waals surface area contributed by atoms with E-state index in [4.69, 9.17) is 0 Å². The molecule has 0 fully saturated rings. The maximum absolute atomic E-state index is 10.3. The molecule has 0 rings (SSSR count). The van der Waals surface area contributed by atoms with E-state index >= 15 is 0 Å². The lowest BCUT2D eigenvalue weighted by Gasteiger charge is -2.10. The van der Waals surface area contributed by atoms with Gasteiger partial charge in [-0.1, -0.05) is 6.92 Å². The lowest BCUT2D eigenvalue weighted by Crippen LogP contribution is -2.27. The van der Waals surface area contributed by atoms with Gasteiger partial charge in [-0.2, -0.15) is 0 Å². The van der Waals surface area contributed by atoms with Crippen LogP contribution in [-0.2, 0) is 21.4 Å². The Morgan fingerprint density at radius 2 is 1.50 bits per heavy atom. The van der Waals surface area contributed by atoms with Crippen molar-refractivity contribution in [2.45, 2.75) is 17.4 Å². The predicted molar refractivity (Wildman–Crippen MR) is 39.0 cm³/mol. The third-order valence-electron chi connectivity index (χ3n) is 1.25. The highest BCUT2D eigenvalue weighted by Crippen LogP contribution is 2.13. The third-order valence-corrected chi connectivity index (χ3v) is 4.22. The summed E-state index contributed by atoms with van der Waals surface area (Å²) in [6.45, 7) is 4.56. The summed E-state index contributed by atoms with van der Waals surface area (Å²) >= 11 is 0. The van der Waals surface area contributed by atoms with Gasteiger partial charge >= 0.3 is 0 Å². The molecule has 10 heavy (non-hydrogen) atoms. The lowest BCUT2D eigenvalue weighted by atomic mass is 10.4. The van der Waals surface area contributed by atoms with E-state index in [1.54, 1.807) is 0 Å². The smallest absolute Gasteiger partial charge is 0.168 e. The van der Waals surface area contributed by atoms with Crippen LogP contribution in [0.25, 0.3) is 0 Å². The number of hydrogen-bond donors (Lipinski definition) is 2. The topological polar surface area (TPSA) is 68.3 Å². The van der Waals surface area contributed by atoms with E-state index < -0.39 is 25.5 Å². The monoisotopic (exact) mass is 185 g/mol. The Hall–Kier alpha value is -0.100. The summed E-state index contributed by atoms with van der Waals surface area (Å²) < 4.78 is 39.3. The second-order valence-corrected chi connectivity index (χ2v) is 4.94. The molecule has 4 nitrogen and oxygen atoms in total. The molecule has 0 spiro atoms. The summed E-state index contributed by atoms with van der Waals surface area (Å²) in [5, 5.41) is 0. The van der Waals surface area contributed by atoms with Crippen LogP contribution in [0, 0.1) is 6.92 Å². The fraction of sp³-hybridized carbons (Fsp3) is 0.750. The van der Waals surface area contributed by atoms with Crippen LogP contribution in [0.15, 0.2) is 0 Å². The fourth-order valence-corrected chi connectivity index (χ4v) is 1.37. The first-order chi connectivity index (χ1) is 4.45. The van der Waals surface area contributed by atoms with E-state index in [0.29, 0.717) is 0 Å². The first-order valence-electron chi connectivity index (χ1n) is 2.59. The van der Waals surface area contributed by atoms with Crippen LogP contribution in [0.2, 0.25) is 0 Å². The van der Waals surface area contributed by atoms with Gasteiger partial charge in [-0.3, -0.25) is 0 Å². The van der Waals surface area contributed by atoms with E-state index in [9.17, 15) is 16.8 Å². The highest BCUT2D eigenvalue weighted by Gasteiger charge is 2.29. The molecule has 0 aromatic rings. The Labute approximate surface area is 63.1 Å². The zero-order valence-electron chi connectivity index (χ0n) is 5.44. The molecule has 0 unspecified atom stereocenters. The maximum Gasteiger partial charge on any atom is 0.168 e. The maximum atomic E-state index is 10.3.